The van der Waals surface area contributed by atoms with Crippen molar-refractivity contribution in [3.05, 3.63) is 59.9 Å². The Morgan fingerprint density at radius 1 is 1.08 bits per heavy atom. The predicted octanol–water partition coefficient (Wildman–Crippen LogP) is 2.06. The van der Waals surface area contributed by atoms with E-state index < -0.39 is 23.7 Å². The zero-order valence-electron chi connectivity index (χ0n) is 13.2. The van der Waals surface area contributed by atoms with Crippen LogP contribution in [0.5, 0.6) is 11.5 Å². The first kappa shape index (κ1) is 17.3. The molecular weight excluding hydrogens is 315 g/mol. The molecule has 2 aromatic carbocycles. The Labute approximate surface area is 138 Å². The van der Waals surface area contributed by atoms with Gasteiger partial charge in [-0.1, -0.05) is 18.2 Å². The van der Waals surface area contributed by atoms with E-state index in [0.29, 0.717) is 11.3 Å². The molecule has 0 radical (unpaired) electrons. The van der Waals surface area contributed by atoms with Crippen molar-refractivity contribution in [3.8, 4) is 11.5 Å². The number of hydrogen-bond acceptors (Lipinski definition) is 4. The minimum atomic E-state index is -0.993. The number of benzene rings is 2. The van der Waals surface area contributed by atoms with Gasteiger partial charge in [-0.2, -0.15) is 0 Å². The molecule has 1 atom stereocenters. The maximum absolute atomic E-state index is 13.5. The molecular formula is C17H17FN2O4. The van der Waals surface area contributed by atoms with E-state index in [1.165, 1.54) is 38.3 Å². The van der Waals surface area contributed by atoms with Gasteiger partial charge in [-0.15, -0.1) is 0 Å². The number of ether oxygens (including phenoxy) is 2. The highest BCUT2D eigenvalue weighted by Crippen LogP contribution is 2.17. The first-order valence-corrected chi connectivity index (χ1v) is 7.16. The molecule has 2 aromatic rings. The minimum Gasteiger partial charge on any atom is -0.497 e. The molecule has 0 heterocycles. The smallest absolute Gasteiger partial charge is 0.279 e. The maximum Gasteiger partial charge on any atom is 0.279 e. The molecule has 0 aliphatic heterocycles. The number of carbonyl (C=O) groups excluding carboxylic acids is 2. The van der Waals surface area contributed by atoms with Crippen LogP contribution in [0, 0.1) is 5.82 Å². The van der Waals surface area contributed by atoms with Crippen molar-refractivity contribution in [2.24, 2.45) is 0 Å². The van der Waals surface area contributed by atoms with Gasteiger partial charge in [0.25, 0.3) is 11.8 Å². The van der Waals surface area contributed by atoms with Gasteiger partial charge in [0.05, 0.1) is 7.11 Å². The summed E-state index contributed by atoms with van der Waals surface area (Å²) in [5.74, 6) is -1.23. The Hall–Kier alpha value is -3.09. The largest absolute Gasteiger partial charge is 0.497 e. The fourth-order valence-corrected chi connectivity index (χ4v) is 1.84. The van der Waals surface area contributed by atoms with Gasteiger partial charge in [0, 0.05) is 5.56 Å². The average Bonchev–Trinajstić information content (AvgIpc) is 2.61. The second-order valence-corrected chi connectivity index (χ2v) is 4.87. The lowest BCUT2D eigenvalue weighted by atomic mass is 10.2. The monoisotopic (exact) mass is 332 g/mol. The number of rotatable bonds is 5. The summed E-state index contributed by atoms with van der Waals surface area (Å²) in [6.45, 7) is 1.44. The van der Waals surface area contributed by atoms with Crippen molar-refractivity contribution in [1.82, 2.24) is 10.9 Å². The Bertz CT molecular complexity index is 736. The van der Waals surface area contributed by atoms with Crippen LogP contribution in [0.4, 0.5) is 4.39 Å². The summed E-state index contributed by atoms with van der Waals surface area (Å²) in [7, 11) is 1.49. The van der Waals surface area contributed by atoms with Crippen molar-refractivity contribution >= 4 is 11.8 Å². The van der Waals surface area contributed by atoms with Gasteiger partial charge in [0.2, 0.25) is 0 Å². The van der Waals surface area contributed by atoms with Crippen molar-refractivity contribution in [3.63, 3.8) is 0 Å². The Morgan fingerprint density at radius 2 is 1.83 bits per heavy atom. The summed E-state index contributed by atoms with van der Waals surface area (Å²) < 4.78 is 23.7. The SMILES string of the molecule is COc1cccc(C(=O)NNC(=O)[C@@H](C)Oc2ccccc2F)c1. The molecule has 7 heteroatoms. The number of amides is 2. The van der Waals surface area contributed by atoms with Crippen LogP contribution < -0.4 is 20.3 Å². The summed E-state index contributed by atoms with van der Waals surface area (Å²) in [4.78, 5) is 23.9. The maximum atomic E-state index is 13.5. The van der Waals surface area contributed by atoms with E-state index in [9.17, 15) is 14.0 Å². The lowest BCUT2D eigenvalue weighted by molar-refractivity contribution is -0.128. The van der Waals surface area contributed by atoms with Crippen LogP contribution >= 0.6 is 0 Å². The van der Waals surface area contributed by atoms with Crippen LogP contribution in [-0.2, 0) is 4.79 Å². The van der Waals surface area contributed by atoms with Crippen molar-refractivity contribution in [2.45, 2.75) is 13.0 Å². The van der Waals surface area contributed by atoms with Crippen molar-refractivity contribution in [2.75, 3.05) is 7.11 Å². The van der Waals surface area contributed by atoms with Crippen LogP contribution in [0.2, 0.25) is 0 Å². The molecule has 2 amide bonds. The van der Waals surface area contributed by atoms with E-state index >= 15 is 0 Å². The number of hydrogen-bond donors (Lipinski definition) is 2. The third kappa shape index (κ3) is 4.45. The van der Waals surface area contributed by atoms with Crippen LogP contribution in [0.3, 0.4) is 0 Å². The zero-order valence-corrected chi connectivity index (χ0v) is 13.2. The van der Waals surface area contributed by atoms with Gasteiger partial charge in [0.15, 0.2) is 17.7 Å². The van der Waals surface area contributed by atoms with E-state index in [2.05, 4.69) is 10.9 Å². The normalized spacial score (nSPS) is 11.3. The van der Waals surface area contributed by atoms with Crippen molar-refractivity contribution in [1.29, 1.82) is 0 Å². The van der Waals surface area contributed by atoms with E-state index in [1.54, 1.807) is 24.3 Å². The van der Waals surface area contributed by atoms with Crippen LogP contribution in [0.1, 0.15) is 17.3 Å². The third-order valence-electron chi connectivity index (χ3n) is 3.14. The number of carbonyl (C=O) groups is 2. The van der Waals surface area contributed by atoms with Gasteiger partial charge in [-0.25, -0.2) is 4.39 Å². The van der Waals surface area contributed by atoms with Crippen LogP contribution in [0.15, 0.2) is 48.5 Å². The molecule has 0 aromatic heterocycles. The highest BCUT2D eigenvalue weighted by Gasteiger charge is 2.17. The first-order chi connectivity index (χ1) is 11.5. The number of methoxy groups -OCH3 is 1. The van der Waals surface area contributed by atoms with Crippen LogP contribution in [-0.4, -0.2) is 25.0 Å². The number of hydrazine groups is 1. The highest BCUT2D eigenvalue weighted by molar-refractivity contribution is 5.96. The summed E-state index contributed by atoms with van der Waals surface area (Å²) in [5.41, 5.74) is 4.81. The number of para-hydroxylation sites is 1. The van der Waals surface area contributed by atoms with Crippen molar-refractivity contribution < 1.29 is 23.5 Å². The topological polar surface area (TPSA) is 76.7 Å². The Balaban J connectivity index is 1.90. The molecule has 0 aliphatic rings. The molecule has 2 rings (SSSR count). The Kier molecular flexibility index (Phi) is 5.73. The number of halogens is 1. The summed E-state index contributed by atoms with van der Waals surface area (Å²) in [6.07, 6.45) is -0.993. The van der Waals surface area contributed by atoms with Gasteiger partial charge in [-0.3, -0.25) is 20.4 Å². The number of nitrogens with one attached hydrogen (secondary N) is 2. The standard InChI is InChI=1S/C17H17FN2O4/c1-11(24-15-9-4-3-8-14(15)18)16(21)19-20-17(22)12-6-5-7-13(10-12)23-2/h3-11H,1-2H3,(H,19,21)(H,20,22)/t11-/m1/s1. The average molecular weight is 332 g/mol. The molecule has 0 spiro atoms. The molecule has 0 bridgehead atoms. The van der Waals surface area contributed by atoms with Crippen LogP contribution in [0.25, 0.3) is 0 Å². The lowest BCUT2D eigenvalue weighted by Gasteiger charge is -2.15. The molecule has 0 fully saturated rings. The van der Waals surface area contributed by atoms with Gasteiger partial charge >= 0.3 is 0 Å². The fourth-order valence-electron chi connectivity index (χ4n) is 1.84. The molecule has 2 N–H and O–H groups in total. The molecule has 0 saturated heterocycles. The Morgan fingerprint density at radius 3 is 2.54 bits per heavy atom. The molecule has 24 heavy (non-hydrogen) atoms. The summed E-state index contributed by atoms with van der Waals surface area (Å²) >= 11 is 0. The third-order valence-corrected chi connectivity index (χ3v) is 3.14. The second kappa shape index (κ2) is 7.96. The fraction of sp³-hybridized carbons (Fsp3) is 0.176. The lowest BCUT2D eigenvalue weighted by Crippen LogP contribution is -2.47. The molecule has 0 aliphatic carbocycles. The molecule has 126 valence electrons. The second-order valence-electron chi connectivity index (χ2n) is 4.87. The quantitative estimate of drug-likeness (QED) is 0.822. The molecule has 0 unspecified atom stereocenters. The summed E-state index contributed by atoms with van der Waals surface area (Å²) in [6, 6.07) is 12.2. The van der Waals surface area contributed by atoms with Gasteiger partial charge in [0.1, 0.15) is 5.75 Å². The molecule has 0 saturated carbocycles. The van der Waals surface area contributed by atoms with Gasteiger partial charge in [-0.05, 0) is 37.3 Å². The highest BCUT2D eigenvalue weighted by atomic mass is 19.1. The first-order valence-electron chi connectivity index (χ1n) is 7.16. The predicted molar refractivity (Wildman–Crippen MR) is 85.1 cm³/mol. The molecule has 6 nitrogen and oxygen atoms in total. The van der Waals surface area contributed by atoms with E-state index in [1.807, 2.05) is 0 Å². The van der Waals surface area contributed by atoms with E-state index in [4.69, 9.17) is 9.47 Å². The van der Waals surface area contributed by atoms with E-state index in [0.717, 1.165) is 0 Å². The van der Waals surface area contributed by atoms with E-state index in [-0.39, 0.29) is 5.75 Å². The summed E-state index contributed by atoms with van der Waals surface area (Å²) in [5, 5.41) is 0. The minimum absolute atomic E-state index is 0.0423. The zero-order chi connectivity index (χ0) is 17.5. The van der Waals surface area contributed by atoms with Gasteiger partial charge < -0.3 is 9.47 Å².